The Hall–Kier alpha value is -1.00. The number of phenolic OH excluding ortho intramolecular Hbond substituents is 1. The van der Waals surface area contributed by atoms with Gasteiger partial charge in [0.15, 0.2) is 11.5 Å². The van der Waals surface area contributed by atoms with Crippen molar-refractivity contribution < 1.29 is 14.2 Å². The van der Waals surface area contributed by atoms with Crippen LogP contribution in [0.1, 0.15) is 11.6 Å². The SMILES string of the molecule is COc1cccc([C@@H](N)CF)c1O.Cl. The maximum absolute atomic E-state index is 12.2. The zero-order chi connectivity index (χ0) is 9.84. The Kier molecular flexibility index (Phi) is 5.27. The van der Waals surface area contributed by atoms with Gasteiger partial charge in [-0.25, -0.2) is 4.39 Å². The predicted octanol–water partition coefficient (Wildman–Crippen LogP) is 1.79. The van der Waals surface area contributed by atoms with Crippen molar-refractivity contribution in [2.75, 3.05) is 13.8 Å². The summed E-state index contributed by atoms with van der Waals surface area (Å²) in [6.45, 7) is -0.708. The molecule has 0 aliphatic heterocycles. The Bertz CT molecular complexity index is 296. The van der Waals surface area contributed by atoms with Gasteiger partial charge in [-0.15, -0.1) is 12.4 Å². The third kappa shape index (κ3) is 2.49. The molecule has 0 spiro atoms. The number of aromatic hydroxyl groups is 1. The molecule has 0 unspecified atom stereocenters. The summed E-state index contributed by atoms with van der Waals surface area (Å²) in [6.07, 6.45) is 0. The second kappa shape index (κ2) is 5.67. The quantitative estimate of drug-likeness (QED) is 0.818. The minimum atomic E-state index is -0.796. The number of ether oxygens (including phenoxy) is 1. The first kappa shape index (κ1) is 13.0. The first-order chi connectivity index (χ1) is 6.20. The highest BCUT2D eigenvalue weighted by Crippen LogP contribution is 2.32. The van der Waals surface area contributed by atoms with Gasteiger partial charge >= 0.3 is 0 Å². The Morgan fingerprint density at radius 1 is 1.57 bits per heavy atom. The normalized spacial score (nSPS) is 11.6. The van der Waals surface area contributed by atoms with Crippen LogP contribution in [0.2, 0.25) is 0 Å². The van der Waals surface area contributed by atoms with Crippen molar-refractivity contribution >= 4 is 12.4 Å². The molecule has 80 valence electrons. The highest BCUT2D eigenvalue weighted by molar-refractivity contribution is 5.85. The second-order valence-electron chi connectivity index (χ2n) is 2.66. The molecule has 3 nitrogen and oxygen atoms in total. The lowest BCUT2D eigenvalue weighted by Crippen LogP contribution is -2.12. The summed E-state index contributed by atoms with van der Waals surface area (Å²) < 4.78 is 17.1. The van der Waals surface area contributed by atoms with E-state index in [9.17, 15) is 9.50 Å². The fourth-order valence-electron chi connectivity index (χ4n) is 1.09. The number of benzene rings is 1. The van der Waals surface area contributed by atoms with Crippen molar-refractivity contribution in [2.45, 2.75) is 6.04 Å². The number of para-hydroxylation sites is 1. The fraction of sp³-hybridized carbons (Fsp3) is 0.333. The molecule has 0 heterocycles. The molecule has 0 saturated carbocycles. The molecule has 0 amide bonds. The average Bonchev–Trinajstić information content (AvgIpc) is 2.17. The topological polar surface area (TPSA) is 55.5 Å². The number of alkyl halides is 1. The van der Waals surface area contributed by atoms with Gasteiger partial charge in [0, 0.05) is 5.56 Å². The standard InChI is InChI=1S/C9H12FNO2.ClH/c1-13-8-4-2-3-6(9(8)12)7(11)5-10;/h2-4,7,12H,5,11H2,1H3;1H/t7-;/m0./s1. The lowest BCUT2D eigenvalue weighted by atomic mass is 10.1. The van der Waals surface area contributed by atoms with E-state index in [1.54, 1.807) is 18.2 Å². The summed E-state index contributed by atoms with van der Waals surface area (Å²) in [4.78, 5) is 0. The maximum Gasteiger partial charge on any atom is 0.162 e. The van der Waals surface area contributed by atoms with Crippen LogP contribution in [0.3, 0.4) is 0 Å². The lowest BCUT2D eigenvalue weighted by Gasteiger charge is -2.11. The van der Waals surface area contributed by atoms with E-state index in [1.807, 2.05) is 0 Å². The molecule has 1 rings (SSSR count). The number of nitrogens with two attached hydrogens (primary N) is 1. The fourth-order valence-corrected chi connectivity index (χ4v) is 1.09. The van der Waals surface area contributed by atoms with E-state index in [4.69, 9.17) is 10.5 Å². The first-order valence-corrected chi connectivity index (χ1v) is 3.88. The van der Waals surface area contributed by atoms with Crippen LogP contribution >= 0.6 is 12.4 Å². The van der Waals surface area contributed by atoms with E-state index in [0.29, 0.717) is 11.3 Å². The third-order valence-corrected chi connectivity index (χ3v) is 1.82. The summed E-state index contributed by atoms with van der Waals surface area (Å²) in [5.74, 6) is 0.219. The van der Waals surface area contributed by atoms with Crippen molar-refractivity contribution in [2.24, 2.45) is 5.73 Å². The number of methoxy groups -OCH3 is 1. The van der Waals surface area contributed by atoms with Crippen LogP contribution in [-0.2, 0) is 0 Å². The smallest absolute Gasteiger partial charge is 0.162 e. The van der Waals surface area contributed by atoms with Crippen LogP contribution in [0.25, 0.3) is 0 Å². The van der Waals surface area contributed by atoms with Gasteiger partial charge in [0.05, 0.1) is 13.2 Å². The van der Waals surface area contributed by atoms with Gasteiger partial charge in [0.25, 0.3) is 0 Å². The molecule has 0 aliphatic carbocycles. The second-order valence-corrected chi connectivity index (χ2v) is 2.66. The number of hydrogen-bond acceptors (Lipinski definition) is 3. The number of halogens is 2. The Balaban J connectivity index is 0.00000169. The van der Waals surface area contributed by atoms with Crippen LogP contribution in [0.5, 0.6) is 11.5 Å². The van der Waals surface area contributed by atoms with E-state index in [0.717, 1.165) is 0 Å². The van der Waals surface area contributed by atoms with Gasteiger partial charge in [-0.3, -0.25) is 0 Å². The maximum atomic E-state index is 12.2. The van der Waals surface area contributed by atoms with E-state index < -0.39 is 12.7 Å². The Morgan fingerprint density at radius 2 is 2.21 bits per heavy atom. The molecule has 0 bridgehead atoms. The van der Waals surface area contributed by atoms with Crippen LogP contribution in [0.4, 0.5) is 4.39 Å². The van der Waals surface area contributed by atoms with Crippen molar-refractivity contribution in [3.63, 3.8) is 0 Å². The molecule has 1 aromatic carbocycles. The molecule has 0 radical (unpaired) electrons. The molecule has 5 heteroatoms. The number of rotatable bonds is 3. The zero-order valence-electron chi connectivity index (χ0n) is 7.74. The summed E-state index contributed by atoms with van der Waals surface area (Å²) in [7, 11) is 1.43. The lowest BCUT2D eigenvalue weighted by molar-refractivity contribution is 0.362. The number of hydrogen-bond donors (Lipinski definition) is 2. The molecule has 0 fully saturated rings. The van der Waals surface area contributed by atoms with Crippen LogP contribution in [-0.4, -0.2) is 18.9 Å². The molecule has 0 aromatic heterocycles. The summed E-state index contributed by atoms with van der Waals surface area (Å²) in [6, 6.07) is 4.02. The summed E-state index contributed by atoms with van der Waals surface area (Å²) in [5, 5.41) is 9.52. The molecule has 3 N–H and O–H groups in total. The molecular weight excluding hydrogens is 209 g/mol. The molecule has 14 heavy (non-hydrogen) atoms. The molecule has 1 atom stereocenters. The molecule has 0 saturated heterocycles. The Morgan fingerprint density at radius 3 is 2.71 bits per heavy atom. The van der Waals surface area contributed by atoms with Crippen molar-refractivity contribution in [3.05, 3.63) is 23.8 Å². The van der Waals surface area contributed by atoms with Gasteiger partial charge in [0.2, 0.25) is 0 Å². The van der Waals surface area contributed by atoms with Crippen molar-refractivity contribution in [1.29, 1.82) is 0 Å². The highest BCUT2D eigenvalue weighted by Gasteiger charge is 2.13. The van der Waals surface area contributed by atoms with Gasteiger partial charge in [-0.05, 0) is 6.07 Å². The highest BCUT2D eigenvalue weighted by atomic mass is 35.5. The van der Waals surface area contributed by atoms with Crippen LogP contribution in [0, 0.1) is 0 Å². The van der Waals surface area contributed by atoms with Crippen molar-refractivity contribution in [3.8, 4) is 11.5 Å². The number of phenols is 1. The van der Waals surface area contributed by atoms with Crippen LogP contribution in [0.15, 0.2) is 18.2 Å². The molecule has 1 aromatic rings. The summed E-state index contributed by atoms with van der Waals surface area (Å²) >= 11 is 0. The van der Waals surface area contributed by atoms with Crippen LogP contribution < -0.4 is 10.5 Å². The Labute approximate surface area is 88.1 Å². The predicted molar refractivity (Wildman–Crippen MR) is 54.8 cm³/mol. The minimum absolute atomic E-state index is 0. The first-order valence-electron chi connectivity index (χ1n) is 3.88. The van der Waals surface area contributed by atoms with Gasteiger partial charge in [0.1, 0.15) is 6.67 Å². The van der Waals surface area contributed by atoms with E-state index in [-0.39, 0.29) is 18.2 Å². The molecule has 0 aliphatic rings. The van der Waals surface area contributed by atoms with Gasteiger partial charge in [-0.1, -0.05) is 12.1 Å². The molecular formula is C9H13ClFNO2. The minimum Gasteiger partial charge on any atom is -0.504 e. The van der Waals surface area contributed by atoms with Crippen molar-refractivity contribution in [1.82, 2.24) is 0 Å². The van der Waals surface area contributed by atoms with E-state index in [2.05, 4.69) is 0 Å². The average molecular weight is 222 g/mol. The zero-order valence-corrected chi connectivity index (χ0v) is 8.55. The third-order valence-electron chi connectivity index (χ3n) is 1.82. The van der Waals surface area contributed by atoms with Gasteiger partial charge in [-0.2, -0.15) is 0 Å². The van der Waals surface area contributed by atoms with Gasteiger partial charge < -0.3 is 15.6 Å². The summed E-state index contributed by atoms with van der Waals surface area (Å²) in [5.41, 5.74) is 5.79. The largest absolute Gasteiger partial charge is 0.504 e. The van der Waals surface area contributed by atoms with E-state index >= 15 is 0 Å². The monoisotopic (exact) mass is 221 g/mol. The van der Waals surface area contributed by atoms with E-state index in [1.165, 1.54) is 7.11 Å².